The second-order valence-electron chi connectivity index (χ2n) is 4.12. The summed E-state index contributed by atoms with van der Waals surface area (Å²) in [6, 6.07) is 0. The van der Waals surface area contributed by atoms with E-state index in [1.807, 2.05) is 0 Å². The first kappa shape index (κ1) is 16.0. The number of nitrogens with zero attached hydrogens (tertiary/aromatic N) is 1. The number of hydrogen-bond donors (Lipinski definition) is 0. The van der Waals surface area contributed by atoms with Crippen LogP contribution in [0.5, 0.6) is 0 Å². The van der Waals surface area contributed by atoms with Gasteiger partial charge in [0.25, 0.3) is 0 Å². The lowest BCUT2D eigenvalue weighted by molar-refractivity contribution is -0.223. The smallest absolute Gasteiger partial charge is 0.432 e. The average molecular weight is 343 g/mol. The third kappa shape index (κ3) is 4.05. The first-order valence-corrected chi connectivity index (χ1v) is 8.85. The summed E-state index contributed by atoms with van der Waals surface area (Å²) in [5.41, 5.74) is 0.484. The largest absolute Gasteiger partial charge is 0.444 e. The number of thioether (sulfide) groups is 2. The Labute approximate surface area is 126 Å². The Balaban J connectivity index is 2.10. The van der Waals surface area contributed by atoms with Gasteiger partial charge in [0.1, 0.15) is 10.3 Å². The molecule has 0 unspecified atom stereocenters. The molecular weight excluding hydrogens is 331 g/mol. The molecule has 1 fully saturated rings. The van der Waals surface area contributed by atoms with Gasteiger partial charge in [0.15, 0.2) is 0 Å². The predicted octanol–water partition coefficient (Wildman–Crippen LogP) is 3.45. The third-order valence-electron chi connectivity index (χ3n) is 2.47. The molecule has 1 aliphatic heterocycles. The number of ether oxygens (including phenoxy) is 1. The minimum absolute atomic E-state index is 0.225. The fraction of sp³-hybridized carbons (Fsp3) is 0.636. The van der Waals surface area contributed by atoms with Crippen LogP contribution in [0, 0.1) is 6.92 Å². The maximum atomic E-state index is 13.0. The van der Waals surface area contributed by atoms with E-state index in [1.165, 1.54) is 17.1 Å². The summed E-state index contributed by atoms with van der Waals surface area (Å²) in [4.78, 5) is 15.6. The van der Waals surface area contributed by atoms with Gasteiger partial charge in [-0.1, -0.05) is 0 Å². The lowest BCUT2D eigenvalue weighted by Gasteiger charge is -2.23. The van der Waals surface area contributed by atoms with Crippen LogP contribution in [-0.4, -0.2) is 39.6 Å². The van der Waals surface area contributed by atoms with Gasteiger partial charge in [0.05, 0.1) is 0 Å². The van der Waals surface area contributed by atoms with E-state index in [0.717, 1.165) is 22.8 Å². The van der Waals surface area contributed by atoms with Crippen molar-refractivity contribution >= 4 is 40.8 Å². The minimum atomic E-state index is -4.65. The number of rotatable bonds is 3. The molecule has 0 aliphatic carbocycles. The van der Waals surface area contributed by atoms with E-state index in [1.54, 1.807) is 18.7 Å². The van der Waals surface area contributed by atoms with E-state index in [-0.39, 0.29) is 5.01 Å². The topological polar surface area (TPSA) is 39.2 Å². The Kier molecular flexibility index (Phi) is 5.25. The number of aryl methyl sites for hydroxylation is 1. The first-order valence-electron chi connectivity index (χ1n) is 5.76. The van der Waals surface area contributed by atoms with Gasteiger partial charge >= 0.3 is 12.1 Å². The molecule has 20 heavy (non-hydrogen) atoms. The van der Waals surface area contributed by atoms with Crippen molar-refractivity contribution in [2.45, 2.75) is 24.5 Å². The summed E-state index contributed by atoms with van der Waals surface area (Å²) in [5, 5.41) is 0.754. The first-order chi connectivity index (χ1) is 9.38. The molecule has 0 amide bonds. The summed E-state index contributed by atoms with van der Waals surface area (Å²) >= 11 is 3.75. The molecule has 1 saturated heterocycles. The lowest BCUT2D eigenvalue weighted by Crippen LogP contribution is -2.32. The Morgan fingerprint density at radius 2 is 2.25 bits per heavy atom. The van der Waals surface area contributed by atoms with E-state index in [0.29, 0.717) is 11.4 Å². The van der Waals surface area contributed by atoms with Crippen molar-refractivity contribution in [3.8, 4) is 0 Å². The van der Waals surface area contributed by atoms with Crippen LogP contribution in [0.1, 0.15) is 16.8 Å². The van der Waals surface area contributed by atoms with Crippen LogP contribution in [0.25, 0.3) is 0 Å². The molecule has 0 aromatic carbocycles. The molecule has 0 spiro atoms. The van der Waals surface area contributed by atoms with Crippen LogP contribution < -0.4 is 0 Å². The quantitative estimate of drug-likeness (QED) is 0.786. The van der Waals surface area contributed by atoms with Crippen molar-refractivity contribution in [1.29, 1.82) is 0 Å². The Morgan fingerprint density at radius 3 is 2.75 bits per heavy atom. The lowest BCUT2D eigenvalue weighted by atomic mass is 10.3. The zero-order valence-corrected chi connectivity index (χ0v) is 12.9. The van der Waals surface area contributed by atoms with Crippen LogP contribution in [0.4, 0.5) is 13.2 Å². The minimum Gasteiger partial charge on any atom is -0.444 e. The van der Waals surface area contributed by atoms with Gasteiger partial charge in [0, 0.05) is 28.3 Å². The molecule has 0 radical (unpaired) electrons. The summed E-state index contributed by atoms with van der Waals surface area (Å²) in [5.74, 6) is 1.34. The molecule has 112 valence electrons. The highest BCUT2D eigenvalue weighted by atomic mass is 32.2. The zero-order chi connectivity index (χ0) is 14.8. The fourth-order valence-corrected chi connectivity index (χ4v) is 4.93. The van der Waals surface area contributed by atoms with Crippen molar-refractivity contribution in [2.75, 3.05) is 17.3 Å². The van der Waals surface area contributed by atoms with Crippen molar-refractivity contribution in [2.24, 2.45) is 0 Å². The predicted molar refractivity (Wildman–Crippen MR) is 75.3 cm³/mol. The molecular formula is C11H12F3NO2S3. The number of thiazole rings is 1. The maximum Gasteiger partial charge on any atom is 0.432 e. The number of esters is 1. The van der Waals surface area contributed by atoms with E-state index in [4.69, 9.17) is 4.74 Å². The number of halogens is 3. The molecule has 0 bridgehead atoms. The second-order valence-corrected chi connectivity index (χ2v) is 7.47. The SMILES string of the molecule is Cc1csc([C@@H](OC(=O)[C@@H]2CSCCS2)C(F)(F)F)n1. The third-order valence-corrected chi connectivity index (χ3v) is 6.21. The molecule has 2 atom stereocenters. The van der Waals surface area contributed by atoms with E-state index in [2.05, 4.69) is 4.98 Å². The number of carbonyl (C=O) groups excluding carboxylic acids is 1. The fourth-order valence-electron chi connectivity index (χ4n) is 1.57. The number of carbonyl (C=O) groups is 1. The van der Waals surface area contributed by atoms with Gasteiger partial charge in [-0.2, -0.15) is 24.9 Å². The van der Waals surface area contributed by atoms with Crippen LogP contribution in [0.3, 0.4) is 0 Å². The molecule has 9 heteroatoms. The highest BCUT2D eigenvalue weighted by molar-refractivity contribution is 8.07. The van der Waals surface area contributed by atoms with Crippen LogP contribution in [-0.2, 0) is 9.53 Å². The highest BCUT2D eigenvalue weighted by Crippen LogP contribution is 2.38. The molecule has 1 aliphatic rings. The second kappa shape index (κ2) is 6.57. The van der Waals surface area contributed by atoms with Crippen LogP contribution in [0.2, 0.25) is 0 Å². The monoisotopic (exact) mass is 343 g/mol. The maximum absolute atomic E-state index is 13.0. The molecule has 1 aromatic heterocycles. The van der Waals surface area contributed by atoms with Gasteiger partial charge < -0.3 is 4.74 Å². The molecule has 1 aromatic rings. The van der Waals surface area contributed by atoms with Gasteiger partial charge in [-0.15, -0.1) is 23.1 Å². The molecule has 3 nitrogen and oxygen atoms in total. The summed E-state index contributed by atoms with van der Waals surface area (Å²) < 4.78 is 43.8. The van der Waals surface area contributed by atoms with Crippen molar-refractivity contribution in [1.82, 2.24) is 4.98 Å². The van der Waals surface area contributed by atoms with E-state index < -0.39 is 23.5 Å². The standard InChI is InChI=1S/C11H12F3NO2S3/c1-6-4-20-9(15-6)8(11(12,13)14)17-10(16)7-5-18-2-3-19-7/h4,7-8H,2-3,5H2,1H3/t7-,8+/m0/s1. The van der Waals surface area contributed by atoms with Gasteiger partial charge in [-0.3, -0.25) is 4.79 Å². The normalized spacial score (nSPS) is 21.5. The van der Waals surface area contributed by atoms with Crippen LogP contribution >= 0.6 is 34.9 Å². The molecule has 2 rings (SSSR count). The number of hydrogen-bond acceptors (Lipinski definition) is 6. The Morgan fingerprint density at radius 1 is 1.50 bits per heavy atom. The van der Waals surface area contributed by atoms with Gasteiger partial charge in [-0.05, 0) is 6.92 Å². The summed E-state index contributed by atoms with van der Waals surface area (Å²) in [6.45, 7) is 1.60. The van der Waals surface area contributed by atoms with Crippen molar-refractivity contribution < 1.29 is 22.7 Å². The van der Waals surface area contributed by atoms with Crippen molar-refractivity contribution in [3.63, 3.8) is 0 Å². The molecule has 0 saturated carbocycles. The average Bonchev–Trinajstić information content (AvgIpc) is 2.81. The van der Waals surface area contributed by atoms with Gasteiger partial charge in [0.2, 0.25) is 6.10 Å². The Bertz CT molecular complexity index is 472. The Hall–Kier alpha value is -0.410. The zero-order valence-electron chi connectivity index (χ0n) is 10.5. The highest BCUT2D eigenvalue weighted by Gasteiger charge is 2.47. The van der Waals surface area contributed by atoms with Gasteiger partial charge in [-0.25, -0.2) is 4.98 Å². The van der Waals surface area contributed by atoms with E-state index >= 15 is 0 Å². The summed E-state index contributed by atoms with van der Waals surface area (Å²) in [7, 11) is 0. The number of aromatic nitrogens is 1. The number of alkyl halides is 3. The van der Waals surface area contributed by atoms with E-state index in [9.17, 15) is 18.0 Å². The molecule has 0 N–H and O–H groups in total. The summed E-state index contributed by atoms with van der Waals surface area (Å²) in [6.07, 6.45) is -6.91. The van der Waals surface area contributed by atoms with Crippen molar-refractivity contribution in [3.05, 3.63) is 16.1 Å². The van der Waals surface area contributed by atoms with Crippen LogP contribution in [0.15, 0.2) is 5.38 Å². The molecule has 2 heterocycles.